The van der Waals surface area contributed by atoms with Crippen molar-refractivity contribution in [1.82, 2.24) is 16.1 Å². The van der Waals surface area contributed by atoms with Gasteiger partial charge >= 0.3 is 0 Å². The quantitative estimate of drug-likeness (QED) is 0.253. The van der Waals surface area contributed by atoms with Crippen molar-refractivity contribution < 1.29 is 4.79 Å². The second-order valence-electron chi connectivity index (χ2n) is 5.57. The van der Waals surface area contributed by atoms with Crippen LogP contribution in [0.3, 0.4) is 0 Å². The molecule has 1 fully saturated rings. The second kappa shape index (κ2) is 7.99. The SMILES string of the molecule is CC(C)CNC(=O)C(C)NC(=NC1CCCC1)NN. The minimum atomic E-state index is -0.352. The second-order valence-corrected chi connectivity index (χ2v) is 5.57. The third-order valence-corrected chi connectivity index (χ3v) is 3.20. The summed E-state index contributed by atoms with van der Waals surface area (Å²) in [4.78, 5) is 16.3. The molecule has 1 rings (SSSR count). The highest BCUT2D eigenvalue weighted by Gasteiger charge is 2.17. The van der Waals surface area contributed by atoms with E-state index in [0.717, 1.165) is 12.8 Å². The molecule has 110 valence electrons. The molecular weight excluding hydrogens is 242 g/mol. The van der Waals surface area contributed by atoms with Gasteiger partial charge in [0.15, 0.2) is 0 Å². The Morgan fingerprint density at radius 2 is 1.95 bits per heavy atom. The molecule has 0 bridgehead atoms. The molecule has 0 aromatic rings. The smallest absolute Gasteiger partial charge is 0.242 e. The first kappa shape index (κ1) is 15.8. The zero-order chi connectivity index (χ0) is 14.3. The number of nitrogens with one attached hydrogen (secondary N) is 3. The van der Waals surface area contributed by atoms with Crippen LogP contribution < -0.4 is 21.9 Å². The molecule has 0 radical (unpaired) electrons. The van der Waals surface area contributed by atoms with Crippen molar-refractivity contribution in [2.75, 3.05) is 6.54 Å². The minimum Gasteiger partial charge on any atom is -0.354 e. The number of carbonyl (C=O) groups excluding carboxylic acids is 1. The average molecular weight is 269 g/mol. The lowest BCUT2D eigenvalue weighted by Crippen LogP contribution is -2.51. The number of guanidine groups is 1. The van der Waals surface area contributed by atoms with Gasteiger partial charge < -0.3 is 10.6 Å². The highest BCUT2D eigenvalue weighted by atomic mass is 16.2. The molecule has 1 amide bonds. The molecule has 6 heteroatoms. The molecule has 0 heterocycles. The number of nitrogens with zero attached hydrogens (tertiary/aromatic N) is 1. The van der Waals surface area contributed by atoms with Crippen molar-refractivity contribution >= 4 is 11.9 Å². The van der Waals surface area contributed by atoms with Crippen LogP contribution in [0.1, 0.15) is 46.5 Å². The Labute approximate surface area is 115 Å². The van der Waals surface area contributed by atoms with Gasteiger partial charge in [-0.05, 0) is 25.7 Å². The molecule has 19 heavy (non-hydrogen) atoms. The number of hydrogen-bond acceptors (Lipinski definition) is 3. The van der Waals surface area contributed by atoms with Crippen LogP contribution in [-0.2, 0) is 4.79 Å². The molecule has 0 spiro atoms. The Morgan fingerprint density at radius 1 is 1.32 bits per heavy atom. The third kappa shape index (κ3) is 5.92. The van der Waals surface area contributed by atoms with Gasteiger partial charge in [-0.25, -0.2) is 10.8 Å². The minimum absolute atomic E-state index is 0.0388. The number of aliphatic imine (C=N–C) groups is 1. The van der Waals surface area contributed by atoms with E-state index in [4.69, 9.17) is 5.84 Å². The van der Waals surface area contributed by atoms with E-state index in [0.29, 0.717) is 24.5 Å². The van der Waals surface area contributed by atoms with E-state index < -0.39 is 0 Å². The zero-order valence-electron chi connectivity index (χ0n) is 12.2. The molecule has 1 unspecified atom stereocenters. The average Bonchev–Trinajstić information content (AvgIpc) is 2.87. The largest absolute Gasteiger partial charge is 0.354 e. The summed E-state index contributed by atoms with van der Waals surface area (Å²) < 4.78 is 0. The van der Waals surface area contributed by atoms with Gasteiger partial charge in [-0.1, -0.05) is 26.7 Å². The van der Waals surface area contributed by atoms with Crippen LogP contribution in [0.25, 0.3) is 0 Å². The van der Waals surface area contributed by atoms with E-state index in [-0.39, 0.29) is 11.9 Å². The summed E-state index contributed by atoms with van der Waals surface area (Å²) in [6, 6.07) is -0.0283. The molecule has 0 aliphatic heterocycles. The zero-order valence-corrected chi connectivity index (χ0v) is 12.2. The topological polar surface area (TPSA) is 91.5 Å². The maximum absolute atomic E-state index is 11.8. The van der Waals surface area contributed by atoms with Crippen molar-refractivity contribution in [3.63, 3.8) is 0 Å². The molecule has 1 atom stereocenters. The van der Waals surface area contributed by atoms with Crippen LogP contribution in [0.5, 0.6) is 0 Å². The standard InChI is InChI=1S/C13H27N5O/c1-9(2)8-15-12(19)10(3)16-13(18-14)17-11-6-4-5-7-11/h9-11H,4-8,14H2,1-3H3,(H,15,19)(H2,16,17,18). The lowest BCUT2D eigenvalue weighted by atomic mass is 10.2. The molecule has 0 aromatic heterocycles. The predicted molar refractivity (Wildman–Crippen MR) is 77.5 cm³/mol. The molecule has 1 aliphatic rings. The molecular formula is C13H27N5O. The maximum Gasteiger partial charge on any atom is 0.242 e. The number of carbonyl (C=O) groups is 1. The van der Waals surface area contributed by atoms with E-state index in [1.54, 1.807) is 6.92 Å². The van der Waals surface area contributed by atoms with Gasteiger partial charge in [-0.2, -0.15) is 0 Å². The third-order valence-electron chi connectivity index (χ3n) is 3.20. The summed E-state index contributed by atoms with van der Waals surface area (Å²) in [5, 5.41) is 5.90. The Kier molecular flexibility index (Phi) is 6.62. The fraction of sp³-hybridized carbons (Fsp3) is 0.846. The Bertz CT molecular complexity index is 310. The van der Waals surface area contributed by atoms with Gasteiger partial charge in [0, 0.05) is 6.54 Å². The molecule has 6 nitrogen and oxygen atoms in total. The molecule has 1 saturated carbocycles. The lowest BCUT2D eigenvalue weighted by molar-refractivity contribution is -0.122. The molecule has 0 saturated heterocycles. The summed E-state index contributed by atoms with van der Waals surface area (Å²) in [5.74, 6) is 6.35. The van der Waals surface area contributed by atoms with E-state index in [9.17, 15) is 4.79 Å². The number of hydrazine groups is 1. The monoisotopic (exact) mass is 269 g/mol. The van der Waals surface area contributed by atoms with Gasteiger partial charge in [-0.15, -0.1) is 0 Å². The summed E-state index contributed by atoms with van der Waals surface area (Å²) in [6.07, 6.45) is 4.63. The highest BCUT2D eigenvalue weighted by molar-refractivity contribution is 5.88. The molecule has 1 aliphatic carbocycles. The summed E-state index contributed by atoms with van der Waals surface area (Å²) >= 11 is 0. The lowest BCUT2D eigenvalue weighted by Gasteiger charge is -2.18. The normalized spacial score (nSPS) is 18.5. The van der Waals surface area contributed by atoms with Crippen molar-refractivity contribution in [2.45, 2.75) is 58.5 Å². The highest BCUT2D eigenvalue weighted by Crippen LogP contribution is 2.20. The summed E-state index contributed by atoms with van der Waals surface area (Å²) in [6.45, 7) is 6.60. The Hall–Kier alpha value is -1.30. The van der Waals surface area contributed by atoms with Crippen LogP contribution in [-0.4, -0.2) is 30.5 Å². The van der Waals surface area contributed by atoms with Gasteiger partial charge in [0.25, 0.3) is 0 Å². The van der Waals surface area contributed by atoms with Crippen LogP contribution in [0.2, 0.25) is 0 Å². The van der Waals surface area contributed by atoms with Crippen molar-refractivity contribution in [3.05, 3.63) is 0 Å². The van der Waals surface area contributed by atoms with Crippen LogP contribution >= 0.6 is 0 Å². The van der Waals surface area contributed by atoms with Crippen molar-refractivity contribution in [2.24, 2.45) is 16.8 Å². The number of amides is 1. The molecule has 5 N–H and O–H groups in total. The van der Waals surface area contributed by atoms with Crippen LogP contribution in [0, 0.1) is 5.92 Å². The Morgan fingerprint density at radius 3 is 2.47 bits per heavy atom. The van der Waals surface area contributed by atoms with Crippen LogP contribution in [0.4, 0.5) is 0 Å². The van der Waals surface area contributed by atoms with E-state index in [2.05, 4.69) is 34.9 Å². The van der Waals surface area contributed by atoms with E-state index in [1.165, 1.54) is 12.8 Å². The van der Waals surface area contributed by atoms with Crippen molar-refractivity contribution in [1.29, 1.82) is 0 Å². The van der Waals surface area contributed by atoms with Gasteiger partial charge in [0.1, 0.15) is 6.04 Å². The van der Waals surface area contributed by atoms with Crippen LogP contribution in [0.15, 0.2) is 4.99 Å². The van der Waals surface area contributed by atoms with E-state index in [1.807, 2.05) is 0 Å². The number of rotatable bonds is 5. The maximum atomic E-state index is 11.8. The first-order valence-electron chi connectivity index (χ1n) is 7.11. The first-order chi connectivity index (χ1) is 9.02. The van der Waals surface area contributed by atoms with E-state index >= 15 is 0 Å². The van der Waals surface area contributed by atoms with Gasteiger partial charge in [-0.3, -0.25) is 10.2 Å². The number of nitrogens with two attached hydrogens (primary N) is 1. The first-order valence-corrected chi connectivity index (χ1v) is 7.11. The summed E-state index contributed by atoms with van der Waals surface area (Å²) in [5.41, 5.74) is 2.54. The number of hydrogen-bond donors (Lipinski definition) is 4. The predicted octanol–water partition coefficient (Wildman–Crippen LogP) is 0.499. The van der Waals surface area contributed by atoms with Crippen molar-refractivity contribution in [3.8, 4) is 0 Å². The van der Waals surface area contributed by atoms with Gasteiger partial charge in [0.2, 0.25) is 11.9 Å². The van der Waals surface area contributed by atoms with Gasteiger partial charge in [0.05, 0.1) is 6.04 Å². The fourth-order valence-electron chi connectivity index (χ4n) is 2.06. The summed E-state index contributed by atoms with van der Waals surface area (Å²) in [7, 11) is 0. The Balaban J connectivity index is 2.43. The molecule has 0 aromatic carbocycles. The fourth-order valence-corrected chi connectivity index (χ4v) is 2.06.